The lowest BCUT2D eigenvalue weighted by Gasteiger charge is -2.29. The standard InChI is InChI=1S/C16H25N3OS/c1-12(2)11-17-16(20)18-15-5-4-14(10-13(15)3)19-6-8-21-9-7-19/h4-5,10,12H,6-9,11H2,1-3H3,(H2,17,18,20). The Hall–Kier alpha value is -1.36. The molecule has 1 aliphatic heterocycles. The number of aryl methyl sites for hydroxylation is 1. The average molecular weight is 307 g/mol. The van der Waals surface area contributed by atoms with Crippen LogP contribution in [0.15, 0.2) is 18.2 Å². The Kier molecular flexibility index (Phi) is 5.79. The molecule has 2 rings (SSSR count). The second-order valence-electron chi connectivity index (χ2n) is 5.83. The first-order valence-electron chi connectivity index (χ1n) is 7.54. The first kappa shape index (κ1) is 16.0. The predicted molar refractivity (Wildman–Crippen MR) is 92.6 cm³/mol. The fraction of sp³-hybridized carbons (Fsp3) is 0.562. The molecule has 2 N–H and O–H groups in total. The summed E-state index contributed by atoms with van der Waals surface area (Å²) < 4.78 is 0. The van der Waals surface area contributed by atoms with Crippen LogP contribution in [-0.4, -0.2) is 37.2 Å². The number of benzene rings is 1. The zero-order valence-corrected chi connectivity index (χ0v) is 13.9. The molecular weight excluding hydrogens is 282 g/mol. The number of nitrogens with zero attached hydrogens (tertiary/aromatic N) is 1. The minimum Gasteiger partial charge on any atom is -0.370 e. The van der Waals surface area contributed by atoms with E-state index in [1.54, 1.807) is 0 Å². The molecule has 1 aliphatic rings. The summed E-state index contributed by atoms with van der Waals surface area (Å²) in [6.45, 7) is 9.10. The number of amides is 2. The van der Waals surface area contributed by atoms with Crippen LogP contribution in [0.1, 0.15) is 19.4 Å². The number of hydrogen-bond acceptors (Lipinski definition) is 3. The zero-order chi connectivity index (χ0) is 15.2. The van der Waals surface area contributed by atoms with Crippen molar-refractivity contribution in [2.45, 2.75) is 20.8 Å². The van der Waals surface area contributed by atoms with Gasteiger partial charge in [0.2, 0.25) is 0 Å². The third-order valence-electron chi connectivity index (χ3n) is 3.51. The van der Waals surface area contributed by atoms with E-state index in [4.69, 9.17) is 0 Å². The van der Waals surface area contributed by atoms with Gasteiger partial charge in [0.25, 0.3) is 0 Å². The molecule has 0 aliphatic carbocycles. The molecule has 0 aromatic heterocycles. The molecule has 1 aromatic rings. The van der Waals surface area contributed by atoms with Crippen molar-refractivity contribution >= 4 is 29.2 Å². The molecule has 116 valence electrons. The molecule has 5 heteroatoms. The van der Waals surface area contributed by atoms with Crippen LogP contribution in [0.2, 0.25) is 0 Å². The van der Waals surface area contributed by atoms with Gasteiger partial charge in [-0.3, -0.25) is 0 Å². The Morgan fingerprint density at radius 3 is 2.67 bits per heavy atom. The average Bonchev–Trinajstić information content (AvgIpc) is 2.48. The minimum absolute atomic E-state index is 0.131. The maximum absolute atomic E-state index is 11.8. The number of nitrogens with one attached hydrogen (secondary N) is 2. The van der Waals surface area contributed by atoms with E-state index in [2.05, 4.69) is 41.5 Å². The maximum Gasteiger partial charge on any atom is 0.319 e. The number of carbonyl (C=O) groups excluding carboxylic acids is 1. The molecule has 0 radical (unpaired) electrons. The summed E-state index contributed by atoms with van der Waals surface area (Å²) in [6, 6.07) is 6.13. The predicted octanol–water partition coefficient (Wildman–Crippen LogP) is 3.33. The summed E-state index contributed by atoms with van der Waals surface area (Å²) in [5.74, 6) is 2.84. The van der Waals surface area contributed by atoms with Crippen LogP contribution in [-0.2, 0) is 0 Å². The third kappa shape index (κ3) is 4.84. The Bertz CT molecular complexity index is 484. The Labute approximate surface area is 131 Å². The molecule has 21 heavy (non-hydrogen) atoms. The molecule has 2 amide bonds. The van der Waals surface area contributed by atoms with Crippen LogP contribution in [0.3, 0.4) is 0 Å². The van der Waals surface area contributed by atoms with Crippen molar-refractivity contribution in [1.29, 1.82) is 0 Å². The van der Waals surface area contributed by atoms with E-state index in [0.717, 1.165) is 24.3 Å². The van der Waals surface area contributed by atoms with E-state index in [0.29, 0.717) is 12.5 Å². The van der Waals surface area contributed by atoms with Gasteiger partial charge in [-0.15, -0.1) is 0 Å². The number of urea groups is 1. The number of anilines is 2. The Morgan fingerprint density at radius 2 is 2.05 bits per heavy atom. The van der Waals surface area contributed by atoms with Crippen molar-refractivity contribution in [2.75, 3.05) is 41.4 Å². The number of thioether (sulfide) groups is 1. The Morgan fingerprint density at radius 1 is 1.33 bits per heavy atom. The fourth-order valence-electron chi connectivity index (χ4n) is 2.27. The van der Waals surface area contributed by atoms with Crippen molar-refractivity contribution in [3.05, 3.63) is 23.8 Å². The van der Waals surface area contributed by atoms with E-state index in [1.807, 2.05) is 24.8 Å². The van der Waals surface area contributed by atoms with Crippen molar-refractivity contribution in [3.8, 4) is 0 Å². The van der Waals surface area contributed by atoms with Crippen molar-refractivity contribution in [3.63, 3.8) is 0 Å². The summed E-state index contributed by atoms with van der Waals surface area (Å²) in [5.41, 5.74) is 3.23. The summed E-state index contributed by atoms with van der Waals surface area (Å²) in [4.78, 5) is 14.2. The van der Waals surface area contributed by atoms with Crippen molar-refractivity contribution < 1.29 is 4.79 Å². The number of carbonyl (C=O) groups is 1. The van der Waals surface area contributed by atoms with Crippen molar-refractivity contribution in [1.82, 2.24) is 5.32 Å². The molecule has 1 heterocycles. The lowest BCUT2D eigenvalue weighted by Crippen LogP contribution is -2.33. The largest absolute Gasteiger partial charge is 0.370 e. The summed E-state index contributed by atoms with van der Waals surface area (Å²) in [7, 11) is 0. The van der Waals surface area contributed by atoms with Crippen LogP contribution < -0.4 is 15.5 Å². The van der Waals surface area contributed by atoms with E-state index >= 15 is 0 Å². The first-order valence-corrected chi connectivity index (χ1v) is 8.70. The normalized spacial score (nSPS) is 15.1. The summed E-state index contributed by atoms with van der Waals surface area (Å²) >= 11 is 2.01. The fourth-order valence-corrected chi connectivity index (χ4v) is 3.17. The highest BCUT2D eigenvalue weighted by atomic mass is 32.2. The van der Waals surface area contributed by atoms with Gasteiger partial charge < -0.3 is 15.5 Å². The molecule has 1 fully saturated rings. The van der Waals surface area contributed by atoms with E-state index < -0.39 is 0 Å². The van der Waals surface area contributed by atoms with Gasteiger partial charge in [0, 0.05) is 42.5 Å². The van der Waals surface area contributed by atoms with Gasteiger partial charge in [-0.1, -0.05) is 13.8 Å². The molecule has 0 atom stereocenters. The molecule has 1 aromatic carbocycles. The smallest absolute Gasteiger partial charge is 0.319 e. The lowest BCUT2D eigenvalue weighted by molar-refractivity contribution is 0.251. The highest BCUT2D eigenvalue weighted by molar-refractivity contribution is 7.99. The highest BCUT2D eigenvalue weighted by Gasteiger charge is 2.12. The van der Waals surface area contributed by atoms with E-state index in [-0.39, 0.29) is 6.03 Å². The molecular formula is C16H25N3OS. The van der Waals surface area contributed by atoms with E-state index in [1.165, 1.54) is 17.2 Å². The first-order chi connectivity index (χ1) is 10.1. The Balaban J connectivity index is 1.96. The third-order valence-corrected chi connectivity index (χ3v) is 4.45. The van der Waals surface area contributed by atoms with Gasteiger partial charge in [0.1, 0.15) is 0 Å². The maximum atomic E-state index is 11.8. The molecule has 0 spiro atoms. The zero-order valence-electron chi connectivity index (χ0n) is 13.1. The molecule has 0 unspecified atom stereocenters. The second kappa shape index (κ2) is 7.59. The highest BCUT2D eigenvalue weighted by Crippen LogP contribution is 2.24. The quantitative estimate of drug-likeness (QED) is 0.897. The molecule has 4 nitrogen and oxygen atoms in total. The van der Waals surface area contributed by atoms with Gasteiger partial charge in [0.05, 0.1) is 0 Å². The summed E-state index contributed by atoms with van der Waals surface area (Å²) in [6.07, 6.45) is 0. The van der Waals surface area contributed by atoms with Crippen molar-refractivity contribution in [2.24, 2.45) is 5.92 Å². The van der Waals surface area contributed by atoms with Crippen LogP contribution >= 0.6 is 11.8 Å². The van der Waals surface area contributed by atoms with Gasteiger partial charge in [-0.2, -0.15) is 11.8 Å². The van der Waals surface area contributed by atoms with Gasteiger partial charge in [0.15, 0.2) is 0 Å². The minimum atomic E-state index is -0.131. The topological polar surface area (TPSA) is 44.4 Å². The van der Waals surface area contributed by atoms with Crippen LogP contribution in [0, 0.1) is 12.8 Å². The van der Waals surface area contributed by atoms with Crippen LogP contribution in [0.25, 0.3) is 0 Å². The van der Waals surface area contributed by atoms with Gasteiger partial charge in [-0.25, -0.2) is 4.79 Å². The monoisotopic (exact) mass is 307 g/mol. The van der Waals surface area contributed by atoms with Gasteiger partial charge in [-0.05, 0) is 36.6 Å². The lowest BCUT2D eigenvalue weighted by atomic mass is 10.1. The summed E-state index contributed by atoms with van der Waals surface area (Å²) in [5, 5.41) is 5.80. The molecule has 1 saturated heterocycles. The second-order valence-corrected chi connectivity index (χ2v) is 7.05. The van der Waals surface area contributed by atoms with Crippen LogP contribution in [0.5, 0.6) is 0 Å². The molecule has 0 saturated carbocycles. The molecule has 0 bridgehead atoms. The SMILES string of the molecule is Cc1cc(N2CCSCC2)ccc1NC(=O)NCC(C)C. The van der Waals surface area contributed by atoms with Crippen LogP contribution in [0.4, 0.5) is 16.2 Å². The number of rotatable bonds is 4. The van der Waals surface area contributed by atoms with Gasteiger partial charge >= 0.3 is 6.03 Å². The van der Waals surface area contributed by atoms with E-state index in [9.17, 15) is 4.79 Å². The number of hydrogen-bond donors (Lipinski definition) is 2.